The van der Waals surface area contributed by atoms with Crippen molar-refractivity contribution in [1.29, 1.82) is 0 Å². The summed E-state index contributed by atoms with van der Waals surface area (Å²) in [6, 6.07) is 17.3. The number of sulfonamides is 1. The molecule has 1 atom stereocenters. The molecule has 5 rings (SSSR count). The highest BCUT2D eigenvalue weighted by Gasteiger charge is 2.34. The number of hydrogen-bond donors (Lipinski definition) is 1. The highest BCUT2D eigenvalue weighted by Crippen LogP contribution is 2.31. The SMILES string of the molecule is O=C(N[C@H]1CCCc2ccccc21)C1CCN(S(=O)(=O)c2cccc3cccnc23)CC1. The van der Waals surface area contributed by atoms with Crippen molar-refractivity contribution in [2.24, 2.45) is 5.92 Å². The van der Waals surface area contributed by atoms with Crippen molar-refractivity contribution in [2.45, 2.75) is 43.0 Å². The first kappa shape index (κ1) is 21.1. The van der Waals surface area contributed by atoms with Crippen LogP contribution in [0, 0.1) is 5.92 Å². The first-order valence-electron chi connectivity index (χ1n) is 11.3. The lowest BCUT2D eigenvalue weighted by Crippen LogP contribution is -2.44. The fourth-order valence-electron chi connectivity index (χ4n) is 4.98. The Morgan fingerprint density at radius 1 is 0.969 bits per heavy atom. The van der Waals surface area contributed by atoms with E-state index in [9.17, 15) is 13.2 Å². The molecular weight excluding hydrogens is 422 g/mol. The second kappa shape index (κ2) is 8.64. The van der Waals surface area contributed by atoms with Gasteiger partial charge in [0, 0.05) is 30.6 Å². The Kier molecular flexibility index (Phi) is 5.69. The van der Waals surface area contributed by atoms with Gasteiger partial charge in [-0.15, -0.1) is 0 Å². The molecule has 166 valence electrons. The summed E-state index contributed by atoms with van der Waals surface area (Å²) in [7, 11) is -3.67. The monoisotopic (exact) mass is 449 g/mol. The average molecular weight is 450 g/mol. The molecule has 0 unspecified atom stereocenters. The normalized spacial score (nSPS) is 20.1. The number of rotatable bonds is 4. The molecular formula is C25H27N3O3S. The molecule has 1 amide bonds. The molecule has 6 nitrogen and oxygen atoms in total. The van der Waals surface area contributed by atoms with Gasteiger partial charge in [-0.25, -0.2) is 8.42 Å². The number of aromatic nitrogens is 1. The number of nitrogens with one attached hydrogen (secondary N) is 1. The number of hydrogen-bond acceptors (Lipinski definition) is 4. The molecule has 1 aliphatic carbocycles. The Hall–Kier alpha value is -2.77. The Bertz CT molecular complexity index is 1240. The van der Waals surface area contributed by atoms with Gasteiger partial charge in [0.15, 0.2) is 0 Å². The summed E-state index contributed by atoms with van der Waals surface area (Å²) in [6.07, 6.45) is 5.74. The molecule has 1 aromatic heterocycles. The summed E-state index contributed by atoms with van der Waals surface area (Å²) >= 11 is 0. The molecule has 0 bridgehead atoms. The van der Waals surface area contributed by atoms with E-state index in [2.05, 4.69) is 22.4 Å². The molecule has 32 heavy (non-hydrogen) atoms. The second-order valence-electron chi connectivity index (χ2n) is 8.66. The summed E-state index contributed by atoms with van der Waals surface area (Å²) in [4.78, 5) is 17.5. The summed E-state index contributed by atoms with van der Waals surface area (Å²) in [5.41, 5.74) is 3.02. The number of carbonyl (C=O) groups excluding carboxylic acids is 1. The maximum Gasteiger partial charge on any atom is 0.245 e. The van der Waals surface area contributed by atoms with Gasteiger partial charge in [0.25, 0.3) is 0 Å². The van der Waals surface area contributed by atoms with E-state index in [1.165, 1.54) is 15.4 Å². The third-order valence-electron chi connectivity index (χ3n) is 6.72. The zero-order valence-corrected chi connectivity index (χ0v) is 18.7. The van der Waals surface area contributed by atoms with E-state index in [4.69, 9.17) is 0 Å². The molecule has 2 aromatic carbocycles. The van der Waals surface area contributed by atoms with Crippen molar-refractivity contribution in [2.75, 3.05) is 13.1 Å². The van der Waals surface area contributed by atoms with Gasteiger partial charge < -0.3 is 5.32 Å². The van der Waals surface area contributed by atoms with Crippen molar-refractivity contribution in [3.8, 4) is 0 Å². The standard InChI is InChI=1S/C25H27N3O3S/c29-25(27-22-11-3-7-18-6-1-2-10-21(18)22)20-13-16-28(17-14-20)32(30,31)23-12-4-8-19-9-5-15-26-24(19)23/h1-2,4-6,8-10,12,15,20,22H,3,7,11,13-14,16-17H2,(H,27,29)/t22-/m0/s1. The molecule has 3 aromatic rings. The van der Waals surface area contributed by atoms with Crippen molar-refractivity contribution >= 4 is 26.8 Å². The maximum atomic E-state index is 13.3. The van der Waals surface area contributed by atoms with E-state index in [1.54, 1.807) is 24.4 Å². The molecule has 0 radical (unpaired) electrons. The summed E-state index contributed by atoms with van der Waals surface area (Å²) in [5, 5.41) is 4.04. The Morgan fingerprint density at radius 2 is 1.75 bits per heavy atom. The molecule has 0 spiro atoms. The molecule has 1 N–H and O–H groups in total. The number of carbonyl (C=O) groups is 1. The molecule has 1 fully saturated rings. The van der Waals surface area contributed by atoms with Crippen LogP contribution in [0.25, 0.3) is 10.9 Å². The third-order valence-corrected chi connectivity index (χ3v) is 8.65. The lowest BCUT2D eigenvalue weighted by Gasteiger charge is -2.32. The number of pyridine rings is 1. The quantitative estimate of drug-likeness (QED) is 0.657. The Labute approximate surface area is 188 Å². The number of nitrogens with zero attached hydrogens (tertiary/aromatic N) is 2. The topological polar surface area (TPSA) is 79.4 Å². The van der Waals surface area contributed by atoms with Crippen LogP contribution < -0.4 is 5.32 Å². The van der Waals surface area contributed by atoms with Crippen LogP contribution in [0.15, 0.2) is 65.7 Å². The van der Waals surface area contributed by atoms with Gasteiger partial charge in [-0.1, -0.05) is 42.5 Å². The lowest BCUT2D eigenvalue weighted by molar-refractivity contribution is -0.127. The summed E-state index contributed by atoms with van der Waals surface area (Å²) in [5.74, 6) is -0.128. The number of para-hydroxylation sites is 1. The number of fused-ring (bicyclic) bond motifs is 2. The van der Waals surface area contributed by atoms with Gasteiger partial charge in [0.1, 0.15) is 4.90 Å². The first-order valence-corrected chi connectivity index (χ1v) is 12.7. The van der Waals surface area contributed by atoms with Gasteiger partial charge in [-0.05, 0) is 55.4 Å². The van der Waals surface area contributed by atoms with E-state index in [-0.39, 0.29) is 22.8 Å². The maximum absolute atomic E-state index is 13.3. The van der Waals surface area contributed by atoms with Crippen LogP contribution in [0.1, 0.15) is 42.9 Å². The molecule has 1 saturated heterocycles. The van der Waals surface area contributed by atoms with E-state index in [0.717, 1.165) is 24.6 Å². The smallest absolute Gasteiger partial charge is 0.245 e. The van der Waals surface area contributed by atoms with Crippen molar-refractivity contribution in [3.63, 3.8) is 0 Å². The molecule has 1 aliphatic heterocycles. The first-order chi connectivity index (χ1) is 15.5. The Balaban J connectivity index is 1.27. The molecule has 7 heteroatoms. The number of piperidine rings is 1. The van der Waals surface area contributed by atoms with Crippen LogP contribution in [-0.4, -0.2) is 36.7 Å². The average Bonchev–Trinajstić information content (AvgIpc) is 2.84. The predicted octanol–water partition coefficient (Wildman–Crippen LogP) is 3.83. The highest BCUT2D eigenvalue weighted by molar-refractivity contribution is 7.89. The fraction of sp³-hybridized carbons (Fsp3) is 0.360. The van der Waals surface area contributed by atoms with Crippen LogP contribution in [-0.2, 0) is 21.2 Å². The van der Waals surface area contributed by atoms with Gasteiger partial charge in [-0.2, -0.15) is 4.31 Å². The Morgan fingerprint density at radius 3 is 2.59 bits per heavy atom. The number of benzene rings is 2. The summed E-state index contributed by atoms with van der Waals surface area (Å²) < 4.78 is 28.1. The van der Waals surface area contributed by atoms with Crippen LogP contribution >= 0.6 is 0 Å². The highest BCUT2D eigenvalue weighted by atomic mass is 32.2. The lowest BCUT2D eigenvalue weighted by atomic mass is 9.87. The zero-order valence-electron chi connectivity index (χ0n) is 17.9. The second-order valence-corrected chi connectivity index (χ2v) is 10.6. The van der Waals surface area contributed by atoms with Crippen LogP contribution in [0.4, 0.5) is 0 Å². The van der Waals surface area contributed by atoms with Gasteiger partial charge >= 0.3 is 0 Å². The van der Waals surface area contributed by atoms with Crippen molar-refractivity contribution in [1.82, 2.24) is 14.6 Å². The van der Waals surface area contributed by atoms with Gasteiger partial charge in [0.2, 0.25) is 15.9 Å². The predicted molar refractivity (Wildman–Crippen MR) is 123 cm³/mol. The molecule has 0 saturated carbocycles. The van der Waals surface area contributed by atoms with E-state index >= 15 is 0 Å². The molecule has 2 aliphatic rings. The minimum atomic E-state index is -3.67. The minimum absolute atomic E-state index is 0.0376. The van der Waals surface area contributed by atoms with E-state index in [1.807, 2.05) is 24.3 Å². The van der Waals surface area contributed by atoms with Gasteiger partial charge in [-0.3, -0.25) is 9.78 Å². The summed E-state index contributed by atoms with van der Waals surface area (Å²) in [6.45, 7) is 0.676. The largest absolute Gasteiger partial charge is 0.349 e. The number of aryl methyl sites for hydroxylation is 1. The van der Waals surface area contributed by atoms with Crippen molar-refractivity contribution < 1.29 is 13.2 Å². The van der Waals surface area contributed by atoms with E-state index < -0.39 is 10.0 Å². The third kappa shape index (κ3) is 3.91. The minimum Gasteiger partial charge on any atom is -0.349 e. The van der Waals surface area contributed by atoms with E-state index in [0.29, 0.717) is 31.4 Å². The van der Waals surface area contributed by atoms with Crippen LogP contribution in [0.2, 0.25) is 0 Å². The van der Waals surface area contributed by atoms with Crippen molar-refractivity contribution in [3.05, 3.63) is 71.9 Å². The van der Waals surface area contributed by atoms with Crippen LogP contribution in [0.3, 0.4) is 0 Å². The zero-order chi connectivity index (χ0) is 22.1. The molecule has 2 heterocycles. The van der Waals surface area contributed by atoms with Crippen LogP contribution in [0.5, 0.6) is 0 Å². The fourth-order valence-corrected chi connectivity index (χ4v) is 6.61. The van der Waals surface area contributed by atoms with Gasteiger partial charge in [0.05, 0.1) is 11.6 Å². The number of amides is 1.